The van der Waals surface area contributed by atoms with Crippen molar-refractivity contribution in [3.8, 4) is 0 Å². The highest BCUT2D eigenvalue weighted by molar-refractivity contribution is 7.79. The quantitative estimate of drug-likeness (QED) is 0.445. The SMILES string of the molecule is C[C@H]1CC[C@@H](c2ccccc2)S(=O)[N+]1([O-])Cc1ccc(C2(C(=O)NCCO)CCOCC2)cc1F. The molecule has 2 saturated heterocycles. The van der Waals surface area contributed by atoms with E-state index in [-0.39, 0.29) is 31.2 Å². The van der Waals surface area contributed by atoms with Crippen LogP contribution in [0.5, 0.6) is 0 Å². The van der Waals surface area contributed by atoms with Gasteiger partial charge < -0.3 is 20.4 Å². The highest BCUT2D eigenvalue weighted by Gasteiger charge is 2.45. The Kier molecular flexibility index (Phi) is 8.02. The number of carbonyl (C=O) groups is 1. The Hall–Kier alpha value is -2.17. The number of carbonyl (C=O) groups excluding carboxylic acids is 1. The number of amides is 1. The van der Waals surface area contributed by atoms with E-state index in [4.69, 9.17) is 9.84 Å². The lowest BCUT2D eigenvalue weighted by Crippen LogP contribution is -2.54. The van der Waals surface area contributed by atoms with E-state index in [2.05, 4.69) is 5.32 Å². The number of halogens is 1. The molecular formula is C26H33FN2O5S. The summed E-state index contributed by atoms with van der Waals surface area (Å²) in [7, 11) is -1.79. The molecule has 2 heterocycles. The van der Waals surface area contributed by atoms with E-state index in [0.717, 1.165) is 5.56 Å². The van der Waals surface area contributed by atoms with E-state index in [9.17, 15) is 14.2 Å². The lowest BCUT2D eigenvalue weighted by Gasteiger charge is -2.49. The van der Waals surface area contributed by atoms with Crippen molar-refractivity contribution in [1.82, 2.24) is 5.32 Å². The molecule has 0 spiro atoms. The smallest absolute Gasteiger partial charge is 0.230 e. The van der Waals surface area contributed by atoms with E-state index in [1.165, 1.54) is 6.07 Å². The number of hydrogen-bond acceptors (Lipinski definition) is 5. The van der Waals surface area contributed by atoms with Crippen LogP contribution in [0.2, 0.25) is 0 Å². The Morgan fingerprint density at radius 3 is 2.60 bits per heavy atom. The van der Waals surface area contributed by atoms with E-state index in [1.807, 2.05) is 30.3 Å². The monoisotopic (exact) mass is 504 g/mol. The zero-order chi connectivity index (χ0) is 25.1. The predicted molar refractivity (Wildman–Crippen MR) is 132 cm³/mol. The summed E-state index contributed by atoms with van der Waals surface area (Å²) in [6.45, 7) is 2.21. The molecule has 2 N–H and O–H groups in total. The first-order valence-corrected chi connectivity index (χ1v) is 13.3. The van der Waals surface area contributed by atoms with Crippen LogP contribution >= 0.6 is 0 Å². The van der Waals surface area contributed by atoms with E-state index in [1.54, 1.807) is 19.1 Å². The Morgan fingerprint density at radius 2 is 1.94 bits per heavy atom. The van der Waals surface area contributed by atoms with Crippen molar-refractivity contribution in [3.63, 3.8) is 0 Å². The maximum Gasteiger partial charge on any atom is 0.230 e. The number of quaternary nitrogens is 1. The van der Waals surface area contributed by atoms with Crippen LogP contribution in [0.3, 0.4) is 0 Å². The molecule has 190 valence electrons. The minimum atomic E-state index is -1.79. The van der Waals surface area contributed by atoms with Crippen molar-refractivity contribution in [2.45, 2.75) is 55.9 Å². The molecule has 35 heavy (non-hydrogen) atoms. The summed E-state index contributed by atoms with van der Waals surface area (Å²) in [5.74, 6) is -0.853. The van der Waals surface area contributed by atoms with Crippen LogP contribution in [0, 0.1) is 11.0 Å². The Balaban J connectivity index is 1.61. The third kappa shape index (κ3) is 5.06. The third-order valence-electron chi connectivity index (χ3n) is 7.41. The van der Waals surface area contributed by atoms with Gasteiger partial charge in [-0.2, -0.15) is 4.21 Å². The molecule has 0 aliphatic carbocycles. The second-order valence-electron chi connectivity index (χ2n) is 9.47. The van der Waals surface area contributed by atoms with Gasteiger partial charge in [-0.05, 0) is 43.4 Å². The Morgan fingerprint density at radius 1 is 1.23 bits per heavy atom. The molecule has 0 aromatic heterocycles. The number of aliphatic hydroxyl groups is 1. The Bertz CT molecular complexity index is 1060. The van der Waals surface area contributed by atoms with Crippen molar-refractivity contribution in [3.05, 3.63) is 76.2 Å². The maximum atomic E-state index is 15.4. The molecule has 2 aliphatic rings. The lowest BCUT2D eigenvalue weighted by molar-refractivity contribution is -0.793. The molecule has 2 fully saturated rings. The van der Waals surface area contributed by atoms with Crippen LogP contribution in [-0.2, 0) is 32.5 Å². The molecule has 9 heteroatoms. The van der Waals surface area contributed by atoms with Gasteiger partial charge in [0.05, 0.1) is 18.1 Å². The summed E-state index contributed by atoms with van der Waals surface area (Å²) in [6.07, 6.45) is 2.03. The van der Waals surface area contributed by atoms with Crippen LogP contribution in [0.1, 0.15) is 54.5 Å². The topological polar surface area (TPSA) is 98.7 Å². The van der Waals surface area contributed by atoms with Crippen LogP contribution in [0.15, 0.2) is 48.5 Å². The fraction of sp³-hybridized carbons (Fsp3) is 0.500. The number of hydrogen-bond donors (Lipinski definition) is 2. The van der Waals surface area contributed by atoms with Gasteiger partial charge in [-0.25, -0.2) is 4.39 Å². The summed E-state index contributed by atoms with van der Waals surface area (Å²) in [5.41, 5.74) is 0.610. The summed E-state index contributed by atoms with van der Waals surface area (Å²) < 4.78 is 33.4. The summed E-state index contributed by atoms with van der Waals surface area (Å²) in [6, 6.07) is 13.5. The fourth-order valence-corrected chi connectivity index (χ4v) is 7.05. The molecule has 4 atom stereocenters. The first-order chi connectivity index (χ1) is 16.8. The molecule has 4 rings (SSSR count). The zero-order valence-electron chi connectivity index (χ0n) is 20.0. The van der Waals surface area contributed by atoms with E-state index >= 15 is 4.39 Å². The van der Waals surface area contributed by atoms with Crippen molar-refractivity contribution in [1.29, 1.82) is 0 Å². The van der Waals surface area contributed by atoms with Gasteiger partial charge in [-0.1, -0.05) is 42.5 Å². The molecular weight excluding hydrogens is 471 g/mol. The van der Waals surface area contributed by atoms with Crippen molar-refractivity contribution in [2.75, 3.05) is 26.4 Å². The molecule has 2 aliphatic heterocycles. The van der Waals surface area contributed by atoms with Gasteiger partial charge >= 0.3 is 0 Å². The number of benzene rings is 2. The third-order valence-corrected chi connectivity index (χ3v) is 9.51. The normalized spacial score (nSPS) is 28.4. The van der Waals surface area contributed by atoms with Crippen LogP contribution in [-0.4, -0.2) is 51.7 Å². The number of rotatable bonds is 7. The average Bonchev–Trinajstić information content (AvgIpc) is 2.88. The van der Waals surface area contributed by atoms with Crippen molar-refractivity contribution >= 4 is 16.9 Å². The molecule has 0 radical (unpaired) electrons. The minimum Gasteiger partial charge on any atom is -0.618 e. The van der Waals surface area contributed by atoms with Gasteiger partial charge in [-0.15, -0.1) is 0 Å². The lowest BCUT2D eigenvalue weighted by atomic mass is 9.73. The van der Waals surface area contributed by atoms with Crippen LogP contribution in [0.25, 0.3) is 0 Å². The van der Waals surface area contributed by atoms with Gasteiger partial charge in [0.1, 0.15) is 17.6 Å². The zero-order valence-corrected chi connectivity index (χ0v) is 20.8. The van der Waals surface area contributed by atoms with Gasteiger partial charge in [0.2, 0.25) is 16.9 Å². The summed E-state index contributed by atoms with van der Waals surface area (Å²) in [4.78, 5) is 13.0. The largest absolute Gasteiger partial charge is 0.618 e. The molecule has 1 amide bonds. The van der Waals surface area contributed by atoms with Gasteiger partial charge in [0.15, 0.2) is 0 Å². The Labute approximate surface area is 208 Å². The average molecular weight is 505 g/mol. The molecule has 2 aromatic carbocycles. The molecule has 7 nitrogen and oxygen atoms in total. The number of ether oxygens (including phenoxy) is 1. The summed E-state index contributed by atoms with van der Waals surface area (Å²) in [5, 5.41) is 25.4. The van der Waals surface area contributed by atoms with Crippen LogP contribution in [0.4, 0.5) is 4.39 Å². The van der Waals surface area contributed by atoms with Crippen LogP contribution < -0.4 is 5.32 Å². The highest BCUT2D eigenvalue weighted by atomic mass is 32.2. The van der Waals surface area contributed by atoms with Gasteiger partial charge in [0.25, 0.3) is 0 Å². The first-order valence-electron chi connectivity index (χ1n) is 12.1. The molecule has 2 unspecified atom stereocenters. The minimum absolute atomic E-state index is 0.116. The van der Waals surface area contributed by atoms with E-state index < -0.39 is 37.6 Å². The number of nitrogens with one attached hydrogen (secondary N) is 1. The maximum absolute atomic E-state index is 15.4. The highest BCUT2D eigenvalue weighted by Crippen LogP contribution is 2.41. The second kappa shape index (κ2) is 10.8. The molecule has 2 aromatic rings. The fourth-order valence-electron chi connectivity index (χ4n) is 5.17. The van der Waals surface area contributed by atoms with Gasteiger partial charge in [0, 0.05) is 31.7 Å². The first kappa shape index (κ1) is 25.9. The molecule has 0 bridgehead atoms. The second-order valence-corrected chi connectivity index (χ2v) is 11.2. The standard InChI is InChI=1S/C26H33FN2O5S/c1-19-7-10-24(20-5-3-2-4-6-20)35(33)29(19,32)18-21-8-9-22(17-23(21)27)26(11-15-34-16-12-26)25(31)28-13-14-30/h2-6,8-9,17,19,24,30H,7,10-16,18H2,1H3,(H,28,31)/t19-,24-,29?,35?/m0/s1. The van der Waals surface area contributed by atoms with Crippen molar-refractivity contribution in [2.24, 2.45) is 0 Å². The number of nitrogens with zero attached hydrogens (tertiary/aromatic N) is 1. The van der Waals surface area contributed by atoms with Crippen molar-refractivity contribution < 1.29 is 27.3 Å². The number of aliphatic hydroxyl groups excluding tert-OH is 1. The molecule has 0 saturated carbocycles. The summed E-state index contributed by atoms with van der Waals surface area (Å²) >= 11 is 0. The van der Waals surface area contributed by atoms with E-state index in [0.29, 0.717) is 44.5 Å². The van der Waals surface area contributed by atoms with Gasteiger partial charge in [-0.3, -0.25) is 8.85 Å². The predicted octanol–water partition coefficient (Wildman–Crippen LogP) is 3.38. The number of hydroxylamine groups is 2.